The van der Waals surface area contributed by atoms with Crippen LogP contribution >= 0.6 is 11.6 Å². The second-order valence-electron chi connectivity index (χ2n) is 6.02. The summed E-state index contributed by atoms with van der Waals surface area (Å²) in [6, 6.07) is 14.4. The van der Waals surface area contributed by atoms with E-state index in [0.29, 0.717) is 17.1 Å². The van der Waals surface area contributed by atoms with Crippen LogP contribution in [0.25, 0.3) is 0 Å². The first-order chi connectivity index (χ1) is 11.5. The van der Waals surface area contributed by atoms with Gasteiger partial charge in [-0.1, -0.05) is 41.9 Å². The molecule has 0 radical (unpaired) electrons. The van der Waals surface area contributed by atoms with Crippen LogP contribution in [0.1, 0.15) is 34.3 Å². The van der Waals surface area contributed by atoms with Crippen molar-refractivity contribution in [3.05, 3.63) is 70.2 Å². The van der Waals surface area contributed by atoms with E-state index >= 15 is 0 Å². The van der Waals surface area contributed by atoms with Gasteiger partial charge in [-0.25, -0.2) is 4.79 Å². The Morgan fingerprint density at radius 2 is 1.75 bits per heavy atom. The van der Waals surface area contributed by atoms with E-state index in [1.165, 1.54) is 6.07 Å². The number of carboxylic acid groups (broad SMARTS) is 1. The molecule has 2 aromatic carbocycles. The second kappa shape index (κ2) is 7.05. The van der Waals surface area contributed by atoms with E-state index in [1.54, 1.807) is 18.2 Å². The topological polar surface area (TPSA) is 57.6 Å². The molecule has 0 aliphatic heterocycles. The van der Waals surface area contributed by atoms with Crippen LogP contribution in [0.5, 0.6) is 0 Å². The van der Waals surface area contributed by atoms with Gasteiger partial charge in [0.2, 0.25) is 5.91 Å². The zero-order valence-electron chi connectivity index (χ0n) is 13.1. The van der Waals surface area contributed by atoms with Crippen LogP contribution in [0.3, 0.4) is 0 Å². The highest BCUT2D eigenvalue weighted by Gasteiger charge is 2.32. The zero-order valence-corrected chi connectivity index (χ0v) is 13.9. The van der Waals surface area contributed by atoms with Gasteiger partial charge < -0.3 is 10.0 Å². The van der Waals surface area contributed by atoms with Crippen LogP contribution in [-0.4, -0.2) is 27.9 Å². The summed E-state index contributed by atoms with van der Waals surface area (Å²) in [4.78, 5) is 25.9. The lowest BCUT2D eigenvalue weighted by atomic mass is 10.0. The standard InChI is InChI=1S/C19H18ClNO3/c20-15-7-5-13(6-8-15)12-21(16-9-10-16)18(22)11-14-3-1-2-4-17(14)19(23)24/h1-8,16H,9-12H2,(H,23,24). The number of aromatic carboxylic acids is 1. The second-order valence-corrected chi connectivity index (χ2v) is 6.45. The summed E-state index contributed by atoms with van der Waals surface area (Å²) in [7, 11) is 0. The normalized spacial score (nSPS) is 13.5. The highest BCUT2D eigenvalue weighted by molar-refractivity contribution is 6.30. The van der Waals surface area contributed by atoms with Gasteiger partial charge in [0.1, 0.15) is 0 Å². The van der Waals surface area contributed by atoms with Crippen molar-refractivity contribution < 1.29 is 14.7 Å². The fraction of sp³-hybridized carbons (Fsp3) is 0.263. The third-order valence-electron chi connectivity index (χ3n) is 4.16. The van der Waals surface area contributed by atoms with Gasteiger partial charge in [-0.15, -0.1) is 0 Å². The Hall–Kier alpha value is -2.33. The lowest BCUT2D eigenvalue weighted by Gasteiger charge is -2.23. The van der Waals surface area contributed by atoms with Crippen LogP contribution in [0, 0.1) is 0 Å². The summed E-state index contributed by atoms with van der Waals surface area (Å²) in [6.07, 6.45) is 2.10. The lowest BCUT2D eigenvalue weighted by molar-refractivity contribution is -0.131. The van der Waals surface area contributed by atoms with Crippen molar-refractivity contribution in [3.8, 4) is 0 Å². The Morgan fingerprint density at radius 3 is 2.38 bits per heavy atom. The van der Waals surface area contributed by atoms with E-state index in [2.05, 4.69) is 0 Å². The molecule has 24 heavy (non-hydrogen) atoms. The Bertz CT molecular complexity index is 753. The van der Waals surface area contributed by atoms with Gasteiger partial charge in [-0.3, -0.25) is 4.79 Å². The van der Waals surface area contributed by atoms with Crippen LogP contribution in [0.4, 0.5) is 0 Å². The maximum Gasteiger partial charge on any atom is 0.335 e. The van der Waals surface area contributed by atoms with Crippen molar-refractivity contribution in [1.82, 2.24) is 4.90 Å². The number of carbonyl (C=O) groups is 2. The summed E-state index contributed by atoms with van der Waals surface area (Å²) >= 11 is 5.90. The van der Waals surface area contributed by atoms with Gasteiger partial charge in [0.15, 0.2) is 0 Å². The average molecular weight is 344 g/mol. The number of benzene rings is 2. The number of carboxylic acids is 1. The fourth-order valence-corrected chi connectivity index (χ4v) is 2.87. The van der Waals surface area contributed by atoms with Gasteiger partial charge >= 0.3 is 5.97 Å². The molecule has 1 saturated carbocycles. The van der Waals surface area contributed by atoms with E-state index in [-0.39, 0.29) is 23.9 Å². The minimum Gasteiger partial charge on any atom is -0.478 e. The SMILES string of the molecule is O=C(O)c1ccccc1CC(=O)N(Cc1ccc(Cl)cc1)C1CC1. The Balaban J connectivity index is 1.76. The first-order valence-electron chi connectivity index (χ1n) is 7.89. The summed E-state index contributed by atoms with van der Waals surface area (Å²) in [5, 5.41) is 9.93. The average Bonchev–Trinajstić information content (AvgIpc) is 3.39. The number of amides is 1. The quantitative estimate of drug-likeness (QED) is 0.868. The van der Waals surface area contributed by atoms with Crippen LogP contribution in [0.2, 0.25) is 5.02 Å². The summed E-state index contributed by atoms with van der Waals surface area (Å²) in [5.41, 5.74) is 1.76. The molecule has 1 amide bonds. The molecule has 0 bridgehead atoms. The molecule has 124 valence electrons. The molecule has 4 nitrogen and oxygen atoms in total. The molecule has 0 aromatic heterocycles. The molecule has 2 aromatic rings. The zero-order chi connectivity index (χ0) is 17.1. The maximum atomic E-state index is 12.7. The molecule has 1 N–H and O–H groups in total. The van der Waals surface area contributed by atoms with Gasteiger partial charge in [-0.2, -0.15) is 0 Å². The minimum atomic E-state index is -1.01. The van der Waals surface area contributed by atoms with Gasteiger partial charge in [0, 0.05) is 17.6 Å². The minimum absolute atomic E-state index is 0.0406. The summed E-state index contributed by atoms with van der Waals surface area (Å²) in [5.74, 6) is -1.05. The number of hydrogen-bond acceptors (Lipinski definition) is 2. The highest BCUT2D eigenvalue weighted by atomic mass is 35.5. The van der Waals surface area contributed by atoms with Crippen molar-refractivity contribution in [2.24, 2.45) is 0 Å². The predicted molar refractivity (Wildman–Crippen MR) is 92.1 cm³/mol. The molecule has 0 heterocycles. The lowest BCUT2D eigenvalue weighted by Crippen LogP contribution is -2.34. The third-order valence-corrected chi connectivity index (χ3v) is 4.42. The van der Waals surface area contributed by atoms with Gasteiger partial charge in [0.25, 0.3) is 0 Å². The van der Waals surface area contributed by atoms with Crippen molar-refractivity contribution in [2.75, 3.05) is 0 Å². The van der Waals surface area contributed by atoms with Crippen LogP contribution < -0.4 is 0 Å². The molecule has 0 saturated heterocycles. The molecule has 0 spiro atoms. The van der Waals surface area contributed by atoms with E-state index < -0.39 is 5.97 Å². The molecule has 0 unspecified atom stereocenters. The predicted octanol–water partition coefficient (Wildman–Crippen LogP) is 3.77. The van der Waals surface area contributed by atoms with E-state index in [4.69, 9.17) is 11.6 Å². The summed E-state index contributed by atoms with van der Waals surface area (Å²) < 4.78 is 0. The third kappa shape index (κ3) is 3.95. The Morgan fingerprint density at radius 1 is 1.08 bits per heavy atom. The molecule has 5 heteroatoms. The van der Waals surface area contributed by atoms with E-state index in [1.807, 2.05) is 29.2 Å². The first-order valence-corrected chi connectivity index (χ1v) is 8.27. The van der Waals surface area contributed by atoms with E-state index in [0.717, 1.165) is 18.4 Å². The van der Waals surface area contributed by atoms with Crippen molar-refractivity contribution in [2.45, 2.75) is 31.8 Å². The van der Waals surface area contributed by atoms with Crippen molar-refractivity contribution in [3.63, 3.8) is 0 Å². The Labute approximate surface area is 145 Å². The summed E-state index contributed by atoms with van der Waals surface area (Å²) in [6.45, 7) is 0.524. The molecule has 1 fully saturated rings. The number of carbonyl (C=O) groups excluding carboxylic acids is 1. The van der Waals surface area contributed by atoms with Crippen LogP contribution in [0.15, 0.2) is 48.5 Å². The monoisotopic (exact) mass is 343 g/mol. The molecule has 0 atom stereocenters. The van der Waals surface area contributed by atoms with Crippen molar-refractivity contribution in [1.29, 1.82) is 0 Å². The van der Waals surface area contributed by atoms with E-state index in [9.17, 15) is 14.7 Å². The Kier molecular flexibility index (Phi) is 4.86. The number of halogens is 1. The molecule has 1 aliphatic rings. The number of rotatable bonds is 6. The maximum absolute atomic E-state index is 12.7. The molecular formula is C19H18ClNO3. The number of hydrogen-bond donors (Lipinski definition) is 1. The fourth-order valence-electron chi connectivity index (χ4n) is 2.74. The molecule has 3 rings (SSSR count). The smallest absolute Gasteiger partial charge is 0.335 e. The molecular weight excluding hydrogens is 326 g/mol. The number of nitrogens with zero attached hydrogens (tertiary/aromatic N) is 1. The largest absolute Gasteiger partial charge is 0.478 e. The molecule has 1 aliphatic carbocycles. The van der Waals surface area contributed by atoms with Gasteiger partial charge in [-0.05, 0) is 42.2 Å². The first kappa shape index (κ1) is 16.5. The van der Waals surface area contributed by atoms with Crippen LogP contribution in [-0.2, 0) is 17.8 Å². The van der Waals surface area contributed by atoms with Gasteiger partial charge in [0.05, 0.1) is 12.0 Å². The van der Waals surface area contributed by atoms with Crippen molar-refractivity contribution >= 4 is 23.5 Å². The highest BCUT2D eigenvalue weighted by Crippen LogP contribution is 2.29.